The second-order valence-electron chi connectivity index (χ2n) is 8.31. The van der Waals surface area contributed by atoms with Gasteiger partial charge < -0.3 is 9.47 Å². The molecule has 1 amide bonds. The number of imidazole rings is 1. The van der Waals surface area contributed by atoms with Crippen LogP contribution in [-0.2, 0) is 11.3 Å². The minimum absolute atomic E-state index is 0.316. The van der Waals surface area contributed by atoms with E-state index in [9.17, 15) is 4.79 Å². The molecule has 0 N–H and O–H groups in total. The van der Waals surface area contributed by atoms with Gasteiger partial charge in [-0.25, -0.2) is 4.98 Å². The summed E-state index contributed by atoms with van der Waals surface area (Å²) in [5.41, 5.74) is 2.27. The minimum Gasteiger partial charge on any atom is -0.340 e. The van der Waals surface area contributed by atoms with Crippen LogP contribution in [0.15, 0.2) is 24.3 Å². The Hall–Kier alpha value is -1.84. The Labute approximate surface area is 163 Å². The number of amides is 1. The van der Waals surface area contributed by atoms with Gasteiger partial charge in [0.15, 0.2) is 0 Å². The van der Waals surface area contributed by atoms with Gasteiger partial charge in [0.2, 0.25) is 5.91 Å². The van der Waals surface area contributed by atoms with Crippen LogP contribution in [0.3, 0.4) is 0 Å². The van der Waals surface area contributed by atoms with E-state index in [1.165, 1.54) is 69.1 Å². The molecule has 0 bridgehead atoms. The number of carbonyl (C=O) groups is 1. The van der Waals surface area contributed by atoms with Crippen molar-refractivity contribution < 1.29 is 4.79 Å². The van der Waals surface area contributed by atoms with Gasteiger partial charge in [0.05, 0.1) is 11.0 Å². The number of hydrogen-bond acceptors (Lipinski definition) is 2. The highest BCUT2D eigenvalue weighted by Crippen LogP contribution is 2.34. The molecule has 2 fully saturated rings. The topological polar surface area (TPSA) is 38.1 Å². The van der Waals surface area contributed by atoms with Crippen LogP contribution in [0.5, 0.6) is 0 Å². The SMILES string of the molecule is CCN(C(=O)CCn1c(C2CCCCC2)nc2ccccc21)C1CCCC1. The Morgan fingerprint density at radius 3 is 2.52 bits per heavy atom. The van der Waals surface area contributed by atoms with Crippen LogP contribution < -0.4 is 0 Å². The van der Waals surface area contributed by atoms with Gasteiger partial charge in [-0.2, -0.15) is 0 Å². The summed E-state index contributed by atoms with van der Waals surface area (Å²) in [5.74, 6) is 2.09. The quantitative estimate of drug-likeness (QED) is 0.698. The molecular formula is C23H33N3O. The van der Waals surface area contributed by atoms with Crippen molar-refractivity contribution in [1.29, 1.82) is 0 Å². The normalized spacial score (nSPS) is 19.0. The van der Waals surface area contributed by atoms with Crippen LogP contribution in [-0.4, -0.2) is 32.9 Å². The standard InChI is InChI=1S/C23H33N3O/c1-2-25(19-12-6-7-13-19)22(27)16-17-26-21-15-9-8-14-20(21)24-23(26)18-10-4-3-5-11-18/h8-9,14-15,18-19H,2-7,10-13,16-17H2,1H3. The van der Waals surface area contributed by atoms with E-state index in [0.717, 1.165) is 18.6 Å². The lowest BCUT2D eigenvalue weighted by Gasteiger charge is -2.28. The fourth-order valence-corrected chi connectivity index (χ4v) is 5.21. The zero-order valence-corrected chi connectivity index (χ0v) is 16.7. The average molecular weight is 368 g/mol. The zero-order chi connectivity index (χ0) is 18.6. The molecule has 2 aliphatic carbocycles. The Morgan fingerprint density at radius 1 is 1.07 bits per heavy atom. The van der Waals surface area contributed by atoms with Crippen LogP contribution >= 0.6 is 0 Å². The third kappa shape index (κ3) is 3.90. The van der Waals surface area contributed by atoms with E-state index in [-0.39, 0.29) is 0 Å². The second kappa shape index (κ2) is 8.45. The third-order valence-corrected chi connectivity index (χ3v) is 6.63. The largest absolute Gasteiger partial charge is 0.340 e. The molecule has 0 unspecified atom stereocenters. The maximum atomic E-state index is 13.0. The molecular weight excluding hydrogens is 334 g/mol. The fourth-order valence-electron chi connectivity index (χ4n) is 5.21. The van der Waals surface area contributed by atoms with E-state index in [0.29, 0.717) is 24.3 Å². The predicted molar refractivity (Wildman–Crippen MR) is 110 cm³/mol. The highest BCUT2D eigenvalue weighted by molar-refractivity contribution is 5.78. The van der Waals surface area contributed by atoms with Crippen molar-refractivity contribution in [2.24, 2.45) is 0 Å². The molecule has 2 aromatic rings. The van der Waals surface area contributed by atoms with Crippen LogP contribution in [0, 0.1) is 0 Å². The minimum atomic E-state index is 0.316. The number of rotatable bonds is 6. The lowest BCUT2D eigenvalue weighted by atomic mass is 9.88. The molecule has 0 saturated heterocycles. The lowest BCUT2D eigenvalue weighted by molar-refractivity contribution is -0.133. The number of fused-ring (bicyclic) bond motifs is 1. The number of hydrogen-bond donors (Lipinski definition) is 0. The molecule has 1 aromatic carbocycles. The Balaban J connectivity index is 1.54. The molecule has 0 atom stereocenters. The summed E-state index contributed by atoms with van der Waals surface area (Å²) in [6.45, 7) is 3.72. The number of para-hydroxylation sites is 2. The third-order valence-electron chi connectivity index (χ3n) is 6.63. The molecule has 2 aliphatic rings. The molecule has 4 heteroatoms. The van der Waals surface area contributed by atoms with Crippen molar-refractivity contribution in [1.82, 2.24) is 14.5 Å². The van der Waals surface area contributed by atoms with Crippen LogP contribution in [0.4, 0.5) is 0 Å². The van der Waals surface area contributed by atoms with Crippen molar-refractivity contribution in [3.05, 3.63) is 30.1 Å². The van der Waals surface area contributed by atoms with E-state index >= 15 is 0 Å². The Morgan fingerprint density at radius 2 is 1.78 bits per heavy atom. The number of nitrogens with zero attached hydrogens (tertiary/aromatic N) is 3. The highest BCUT2D eigenvalue weighted by atomic mass is 16.2. The molecule has 0 radical (unpaired) electrons. The van der Waals surface area contributed by atoms with Gasteiger partial charge in [0, 0.05) is 31.5 Å². The van der Waals surface area contributed by atoms with Gasteiger partial charge in [-0.3, -0.25) is 4.79 Å². The van der Waals surface area contributed by atoms with Crippen molar-refractivity contribution in [2.75, 3.05) is 6.54 Å². The van der Waals surface area contributed by atoms with Crippen molar-refractivity contribution in [3.8, 4) is 0 Å². The Kier molecular flexibility index (Phi) is 5.80. The first-order chi connectivity index (χ1) is 13.3. The first-order valence-electron chi connectivity index (χ1n) is 11.0. The van der Waals surface area contributed by atoms with Crippen LogP contribution in [0.1, 0.15) is 82.9 Å². The number of benzene rings is 1. The summed E-state index contributed by atoms with van der Waals surface area (Å²) >= 11 is 0. The highest BCUT2D eigenvalue weighted by Gasteiger charge is 2.26. The molecule has 27 heavy (non-hydrogen) atoms. The molecule has 146 valence electrons. The number of carbonyl (C=O) groups excluding carboxylic acids is 1. The van der Waals surface area contributed by atoms with Gasteiger partial charge in [-0.1, -0.05) is 44.2 Å². The smallest absolute Gasteiger partial charge is 0.224 e. The number of aromatic nitrogens is 2. The van der Waals surface area contributed by atoms with Gasteiger partial charge in [0.1, 0.15) is 5.82 Å². The zero-order valence-electron chi connectivity index (χ0n) is 16.7. The second-order valence-corrected chi connectivity index (χ2v) is 8.31. The maximum Gasteiger partial charge on any atom is 0.224 e. The monoisotopic (exact) mass is 367 g/mol. The van der Waals surface area contributed by atoms with Crippen molar-refractivity contribution in [2.45, 2.75) is 89.6 Å². The van der Waals surface area contributed by atoms with E-state index in [4.69, 9.17) is 4.98 Å². The average Bonchev–Trinajstić information content (AvgIpc) is 3.36. The maximum absolute atomic E-state index is 13.0. The molecule has 1 heterocycles. The Bertz CT molecular complexity index is 769. The molecule has 0 spiro atoms. The molecule has 4 rings (SSSR count). The summed E-state index contributed by atoms with van der Waals surface area (Å²) in [6, 6.07) is 8.89. The predicted octanol–water partition coefficient (Wildman–Crippen LogP) is 5.27. The fraction of sp³-hybridized carbons (Fsp3) is 0.652. The van der Waals surface area contributed by atoms with Crippen molar-refractivity contribution in [3.63, 3.8) is 0 Å². The van der Waals surface area contributed by atoms with E-state index in [1.807, 2.05) is 0 Å². The van der Waals surface area contributed by atoms with Gasteiger partial charge in [-0.15, -0.1) is 0 Å². The van der Waals surface area contributed by atoms with Crippen molar-refractivity contribution >= 4 is 16.9 Å². The van der Waals surface area contributed by atoms with Crippen LogP contribution in [0.25, 0.3) is 11.0 Å². The molecule has 4 nitrogen and oxygen atoms in total. The van der Waals surface area contributed by atoms with Crippen LogP contribution in [0.2, 0.25) is 0 Å². The van der Waals surface area contributed by atoms with Gasteiger partial charge >= 0.3 is 0 Å². The molecule has 2 saturated carbocycles. The van der Waals surface area contributed by atoms with E-state index in [2.05, 4.69) is 40.7 Å². The van der Waals surface area contributed by atoms with E-state index < -0.39 is 0 Å². The summed E-state index contributed by atoms with van der Waals surface area (Å²) < 4.78 is 2.35. The summed E-state index contributed by atoms with van der Waals surface area (Å²) in [5, 5.41) is 0. The molecule has 1 aromatic heterocycles. The molecule has 0 aliphatic heterocycles. The van der Waals surface area contributed by atoms with Gasteiger partial charge in [0.25, 0.3) is 0 Å². The number of aryl methyl sites for hydroxylation is 1. The first-order valence-corrected chi connectivity index (χ1v) is 11.0. The summed E-state index contributed by atoms with van der Waals surface area (Å²) in [4.78, 5) is 20.1. The lowest BCUT2D eigenvalue weighted by Crippen LogP contribution is -2.39. The van der Waals surface area contributed by atoms with E-state index in [1.54, 1.807) is 0 Å². The summed E-state index contributed by atoms with van der Waals surface area (Å²) in [7, 11) is 0. The van der Waals surface area contributed by atoms with Gasteiger partial charge in [-0.05, 0) is 44.7 Å². The summed E-state index contributed by atoms with van der Waals surface area (Å²) in [6.07, 6.45) is 11.9. The first kappa shape index (κ1) is 18.5.